The van der Waals surface area contributed by atoms with E-state index < -0.39 is 11.9 Å². The molecular weight excluding hydrogens is 504 g/mol. The number of cyclic esters (lactones) is 1. The molecule has 2 fully saturated rings. The van der Waals surface area contributed by atoms with Crippen LogP contribution >= 0.6 is 0 Å². The highest BCUT2D eigenvalue weighted by molar-refractivity contribution is 5.94. The summed E-state index contributed by atoms with van der Waals surface area (Å²) >= 11 is 0. The Hall–Kier alpha value is -2.88. The second-order valence-electron chi connectivity index (χ2n) is 10.1. The van der Waals surface area contributed by atoms with Crippen molar-refractivity contribution in [3.05, 3.63) is 18.0 Å². The van der Waals surface area contributed by atoms with Crippen molar-refractivity contribution in [3.63, 3.8) is 0 Å². The van der Waals surface area contributed by atoms with Gasteiger partial charge in [0.1, 0.15) is 0 Å². The normalized spacial score (nSPS) is 19.8. The number of rotatable bonds is 8. The number of carbonyl (C=O) groups is 3. The summed E-state index contributed by atoms with van der Waals surface area (Å²) in [6, 6.07) is 1.50. The van der Waals surface area contributed by atoms with Gasteiger partial charge in [-0.05, 0) is 44.4 Å². The highest BCUT2D eigenvalue weighted by atomic mass is 16.7. The number of methoxy groups -OCH3 is 1. The van der Waals surface area contributed by atoms with Crippen LogP contribution in [0.1, 0.15) is 108 Å². The van der Waals surface area contributed by atoms with E-state index in [1.807, 2.05) is 6.92 Å². The van der Waals surface area contributed by atoms with Gasteiger partial charge in [0.15, 0.2) is 17.2 Å². The number of primary amides is 1. The fourth-order valence-corrected chi connectivity index (χ4v) is 4.81. The van der Waals surface area contributed by atoms with Crippen LogP contribution in [0.4, 0.5) is 0 Å². The topological polar surface area (TPSA) is 147 Å². The fraction of sp³-hybridized carbons (Fsp3) is 0.724. The molecule has 2 unspecified atom stereocenters. The minimum Gasteiger partial charge on any atom is -0.493 e. The predicted molar refractivity (Wildman–Crippen MR) is 147 cm³/mol. The number of aliphatic hydroxyl groups is 1. The molecule has 1 aliphatic heterocycles. The number of pyridine rings is 1. The van der Waals surface area contributed by atoms with Crippen molar-refractivity contribution in [1.82, 2.24) is 4.98 Å². The van der Waals surface area contributed by atoms with Crippen LogP contribution in [-0.2, 0) is 19.1 Å². The van der Waals surface area contributed by atoms with Crippen molar-refractivity contribution >= 4 is 17.8 Å². The van der Waals surface area contributed by atoms with Crippen molar-refractivity contribution in [2.75, 3.05) is 20.5 Å². The van der Waals surface area contributed by atoms with E-state index in [1.54, 1.807) is 0 Å². The number of nitrogens with two attached hydrogens (primary N) is 1. The SMILES string of the molecule is CC1CC(CC2CCCC2)CCCCCC(=O)O1.CCCO.COc1ccnc(C(N)=O)c1OCOC(C)=O. The van der Waals surface area contributed by atoms with Gasteiger partial charge in [-0.15, -0.1) is 0 Å². The van der Waals surface area contributed by atoms with Crippen molar-refractivity contribution in [3.8, 4) is 11.5 Å². The first kappa shape index (κ1) is 34.1. The Balaban J connectivity index is 0.000000344. The molecule has 2 heterocycles. The lowest BCUT2D eigenvalue weighted by Crippen LogP contribution is -2.21. The maximum Gasteiger partial charge on any atom is 0.306 e. The molecule has 1 amide bonds. The summed E-state index contributed by atoms with van der Waals surface area (Å²) in [5, 5.41) is 7.88. The van der Waals surface area contributed by atoms with Crippen LogP contribution in [0, 0.1) is 11.8 Å². The van der Waals surface area contributed by atoms with Gasteiger partial charge in [0.05, 0.1) is 13.2 Å². The summed E-state index contributed by atoms with van der Waals surface area (Å²) < 4.78 is 20.1. The van der Waals surface area contributed by atoms with Gasteiger partial charge in [0.25, 0.3) is 5.91 Å². The zero-order valence-corrected chi connectivity index (χ0v) is 24.1. The summed E-state index contributed by atoms with van der Waals surface area (Å²) in [5.41, 5.74) is 5.04. The molecule has 0 radical (unpaired) electrons. The number of nitrogens with zero attached hydrogens (tertiary/aromatic N) is 1. The number of hydrogen-bond acceptors (Lipinski definition) is 9. The molecule has 1 aromatic heterocycles. The molecule has 10 nitrogen and oxygen atoms in total. The molecule has 1 saturated heterocycles. The van der Waals surface area contributed by atoms with E-state index in [2.05, 4.69) is 16.6 Å². The highest BCUT2D eigenvalue weighted by Gasteiger charge is 2.23. The number of aliphatic hydroxyl groups excluding tert-OH is 1. The molecule has 39 heavy (non-hydrogen) atoms. The zero-order chi connectivity index (χ0) is 29.0. The third-order valence-electron chi connectivity index (χ3n) is 6.64. The number of hydrogen-bond donors (Lipinski definition) is 2. The predicted octanol–water partition coefficient (Wildman–Crippen LogP) is 4.95. The largest absolute Gasteiger partial charge is 0.493 e. The van der Waals surface area contributed by atoms with Gasteiger partial charge in [-0.3, -0.25) is 14.4 Å². The molecule has 10 heteroatoms. The van der Waals surface area contributed by atoms with Crippen molar-refractivity contribution in [2.45, 2.75) is 104 Å². The monoisotopic (exact) mass is 552 g/mol. The molecule has 1 aromatic rings. The Morgan fingerprint density at radius 3 is 2.36 bits per heavy atom. The third kappa shape index (κ3) is 14.7. The van der Waals surface area contributed by atoms with Crippen LogP contribution in [-0.4, -0.2) is 54.5 Å². The van der Waals surface area contributed by atoms with Gasteiger partial charge < -0.3 is 29.8 Å². The molecule has 222 valence electrons. The average molecular weight is 553 g/mol. The molecule has 0 aromatic carbocycles. The average Bonchev–Trinajstić information content (AvgIpc) is 3.41. The first-order chi connectivity index (χ1) is 18.7. The van der Waals surface area contributed by atoms with E-state index >= 15 is 0 Å². The lowest BCUT2D eigenvalue weighted by atomic mass is 9.85. The summed E-state index contributed by atoms with van der Waals surface area (Å²) in [5.74, 6) is 0.818. The Kier molecular flexibility index (Phi) is 17.6. The van der Waals surface area contributed by atoms with E-state index in [4.69, 9.17) is 25.1 Å². The number of ether oxygens (including phenoxy) is 4. The Morgan fingerprint density at radius 1 is 1.13 bits per heavy atom. The molecule has 2 aliphatic rings. The van der Waals surface area contributed by atoms with Gasteiger partial charge in [0, 0.05) is 32.2 Å². The molecule has 1 aliphatic carbocycles. The molecule has 0 spiro atoms. The van der Waals surface area contributed by atoms with Gasteiger partial charge in [-0.1, -0.05) is 51.9 Å². The Morgan fingerprint density at radius 2 is 1.77 bits per heavy atom. The highest BCUT2D eigenvalue weighted by Crippen LogP contribution is 2.34. The number of carbonyl (C=O) groups excluding carboxylic acids is 3. The Bertz CT molecular complexity index is 856. The second kappa shape index (κ2) is 20.1. The smallest absolute Gasteiger partial charge is 0.306 e. The summed E-state index contributed by atoms with van der Waals surface area (Å²) in [4.78, 5) is 37.0. The van der Waals surface area contributed by atoms with Crippen LogP contribution in [0.15, 0.2) is 12.3 Å². The molecule has 3 rings (SSSR count). The summed E-state index contributed by atoms with van der Waals surface area (Å²) in [6.07, 6.45) is 16.0. The molecule has 2 atom stereocenters. The maximum absolute atomic E-state index is 11.5. The lowest BCUT2D eigenvalue weighted by molar-refractivity contribution is -0.149. The first-order valence-corrected chi connectivity index (χ1v) is 14.1. The molecule has 3 N–H and O–H groups in total. The van der Waals surface area contributed by atoms with Gasteiger partial charge >= 0.3 is 11.9 Å². The Labute approximate surface area is 232 Å². The van der Waals surface area contributed by atoms with Crippen LogP contribution in [0.3, 0.4) is 0 Å². The van der Waals surface area contributed by atoms with E-state index in [9.17, 15) is 14.4 Å². The summed E-state index contributed by atoms with van der Waals surface area (Å²) in [7, 11) is 1.40. The molecule has 1 saturated carbocycles. The van der Waals surface area contributed by atoms with Crippen LogP contribution in [0.5, 0.6) is 11.5 Å². The van der Waals surface area contributed by atoms with E-state index in [0.717, 1.165) is 31.1 Å². The maximum atomic E-state index is 11.5. The minimum absolute atomic E-state index is 0.0176. The van der Waals surface area contributed by atoms with E-state index in [-0.39, 0.29) is 36.1 Å². The summed E-state index contributed by atoms with van der Waals surface area (Å²) in [6.45, 7) is 5.21. The number of amides is 1. The van der Waals surface area contributed by atoms with Crippen LogP contribution in [0.2, 0.25) is 0 Å². The van der Waals surface area contributed by atoms with Gasteiger partial charge in [-0.2, -0.15) is 0 Å². The van der Waals surface area contributed by atoms with Gasteiger partial charge in [0.2, 0.25) is 6.79 Å². The molecule has 0 bridgehead atoms. The van der Waals surface area contributed by atoms with E-state index in [1.165, 1.54) is 77.7 Å². The number of esters is 2. The first-order valence-electron chi connectivity index (χ1n) is 14.1. The van der Waals surface area contributed by atoms with Crippen LogP contribution < -0.4 is 15.2 Å². The second-order valence-corrected chi connectivity index (χ2v) is 10.1. The van der Waals surface area contributed by atoms with E-state index in [0.29, 0.717) is 13.0 Å². The standard InChI is InChI=1S/C16H28O2.C10H12N2O5.C3H8O/c1-13-11-15(12-14-7-5-6-8-14)9-3-2-4-10-16(17)18-13;1-6(13)16-5-17-9-7(15-2)3-4-12-8(9)10(11)14;1-2-3-4/h13-15H,2-12H2,1H3;3-4H,5H2,1-2H3,(H2,11,14);4H,2-3H2,1H3. The zero-order valence-electron chi connectivity index (χ0n) is 24.1. The molecular formula is C29H48N2O8. The van der Waals surface area contributed by atoms with Crippen molar-refractivity contribution in [2.24, 2.45) is 17.6 Å². The fourth-order valence-electron chi connectivity index (χ4n) is 4.81. The van der Waals surface area contributed by atoms with Gasteiger partial charge in [-0.25, -0.2) is 4.98 Å². The van der Waals surface area contributed by atoms with Crippen molar-refractivity contribution < 1.29 is 38.4 Å². The number of aromatic nitrogens is 1. The third-order valence-corrected chi connectivity index (χ3v) is 6.64. The lowest BCUT2D eigenvalue weighted by Gasteiger charge is -2.25. The van der Waals surface area contributed by atoms with Crippen molar-refractivity contribution in [1.29, 1.82) is 0 Å². The van der Waals surface area contributed by atoms with Crippen LogP contribution in [0.25, 0.3) is 0 Å². The quantitative estimate of drug-likeness (QED) is 0.338. The minimum atomic E-state index is -0.762.